The molecule has 46 heavy (non-hydrogen) atoms. The quantitative estimate of drug-likeness (QED) is 0.286. The number of anilines is 1. The summed E-state index contributed by atoms with van der Waals surface area (Å²) in [7, 11) is 0. The minimum atomic E-state index is -1.25. The van der Waals surface area contributed by atoms with Crippen molar-refractivity contribution < 1.29 is 29.0 Å². The van der Waals surface area contributed by atoms with Crippen LogP contribution < -0.4 is 9.64 Å². The van der Waals surface area contributed by atoms with E-state index in [-0.39, 0.29) is 50.6 Å². The molecule has 4 heterocycles. The zero-order valence-electron chi connectivity index (χ0n) is 26.2. The van der Waals surface area contributed by atoms with Gasteiger partial charge in [0.2, 0.25) is 17.7 Å². The van der Waals surface area contributed by atoms with E-state index < -0.39 is 29.1 Å². The molecule has 2 bridgehead atoms. The van der Waals surface area contributed by atoms with E-state index in [1.54, 1.807) is 50.9 Å². The van der Waals surface area contributed by atoms with E-state index in [4.69, 9.17) is 9.47 Å². The normalized spacial score (nSPS) is 26.3. The number of fused-ring (bicyclic) bond motifs is 2. The van der Waals surface area contributed by atoms with Crippen molar-refractivity contribution in [3.05, 3.63) is 73.8 Å². The molecule has 0 aliphatic carbocycles. The van der Waals surface area contributed by atoms with Gasteiger partial charge < -0.3 is 29.3 Å². The Labute approximate surface area is 267 Å². The molecule has 12 heteroatoms. The monoisotopic (exact) mass is 628 g/mol. The molecule has 242 valence electrons. The summed E-state index contributed by atoms with van der Waals surface area (Å²) in [5.74, 6) is -2.10. The summed E-state index contributed by atoms with van der Waals surface area (Å²) in [6, 6.07) is 13.6. The molecule has 1 spiro atoms. The summed E-state index contributed by atoms with van der Waals surface area (Å²) in [6.45, 7) is 12.0. The first kappa shape index (κ1) is 31.4. The molecular formula is C34H40N6O6. The van der Waals surface area contributed by atoms with Crippen LogP contribution in [0.2, 0.25) is 0 Å². The molecule has 5 atom stereocenters. The van der Waals surface area contributed by atoms with Crippen LogP contribution in [0.5, 0.6) is 5.75 Å². The Morgan fingerprint density at radius 1 is 1.11 bits per heavy atom. The predicted molar refractivity (Wildman–Crippen MR) is 171 cm³/mol. The maximum Gasteiger partial charge on any atom is 0.250 e. The summed E-state index contributed by atoms with van der Waals surface area (Å²) in [6.07, 6.45) is 4.16. The lowest BCUT2D eigenvalue weighted by Gasteiger charge is -2.36. The zero-order chi connectivity index (χ0) is 32.6. The Bertz CT molecular complexity index is 1660. The molecule has 0 saturated carbocycles. The van der Waals surface area contributed by atoms with Crippen LogP contribution in [0.25, 0.3) is 11.0 Å². The number of aromatic nitrogens is 3. The molecule has 3 aromatic rings. The van der Waals surface area contributed by atoms with Gasteiger partial charge in [0.1, 0.15) is 29.6 Å². The standard InChI is InChI=1S/C34H40N6O6/c1-5-18-37(22-40-26-11-9-8-10-25(26)35-36-40)32(44)29-34-17-16-33(4,46-34)27(28(34)31(43)39(29)20-21-41)30(42)38(19-6-2)23-12-14-24(15-13-23)45-7-3/h5-6,8-15,27-29,41H,1-2,7,16-22H2,3-4H3/t27-,28+,29?,33+,34?/m1/s1. The number of β-amino-alcohol motifs (C(OH)–C–C–N with tert-alkyl or cyclic N) is 1. The number of carbonyl (C=O) groups excluding carboxylic acids is 3. The zero-order valence-corrected chi connectivity index (χ0v) is 26.2. The second-order valence-electron chi connectivity index (χ2n) is 12.2. The lowest BCUT2D eigenvalue weighted by molar-refractivity contribution is -0.152. The maximum atomic E-state index is 14.6. The number of likely N-dealkylation sites (tertiary alicyclic amines) is 1. The Balaban J connectivity index is 1.36. The van der Waals surface area contributed by atoms with Gasteiger partial charge in [-0.1, -0.05) is 29.5 Å². The molecule has 2 unspecified atom stereocenters. The third-order valence-electron chi connectivity index (χ3n) is 9.54. The molecule has 3 saturated heterocycles. The van der Waals surface area contributed by atoms with Crippen LogP contribution in [-0.2, 0) is 25.8 Å². The number of rotatable bonds is 13. The predicted octanol–water partition coefficient (Wildman–Crippen LogP) is 2.78. The summed E-state index contributed by atoms with van der Waals surface area (Å²) < 4.78 is 14.0. The fraction of sp³-hybridized carbons (Fsp3) is 0.441. The van der Waals surface area contributed by atoms with Crippen LogP contribution in [0.3, 0.4) is 0 Å². The van der Waals surface area contributed by atoms with Gasteiger partial charge in [-0.05, 0) is 63.1 Å². The Hall–Kier alpha value is -4.55. The highest BCUT2D eigenvalue weighted by molar-refractivity contribution is 6.03. The van der Waals surface area contributed by atoms with Crippen molar-refractivity contribution in [3.63, 3.8) is 0 Å². The number of ether oxygens (including phenoxy) is 2. The first-order chi connectivity index (χ1) is 22.2. The average Bonchev–Trinajstić information content (AvgIpc) is 3.76. The molecule has 1 N–H and O–H groups in total. The minimum absolute atomic E-state index is 0.0637. The van der Waals surface area contributed by atoms with Gasteiger partial charge in [0.05, 0.1) is 36.2 Å². The molecular weight excluding hydrogens is 588 g/mol. The topological polar surface area (TPSA) is 130 Å². The summed E-state index contributed by atoms with van der Waals surface area (Å²) in [4.78, 5) is 48.1. The lowest BCUT2D eigenvalue weighted by Crippen LogP contribution is -2.57. The fourth-order valence-corrected chi connectivity index (χ4v) is 7.67. The van der Waals surface area contributed by atoms with Crippen molar-refractivity contribution in [1.82, 2.24) is 24.8 Å². The highest BCUT2D eigenvalue weighted by atomic mass is 16.5. The van der Waals surface area contributed by atoms with E-state index >= 15 is 0 Å². The van der Waals surface area contributed by atoms with Gasteiger partial charge in [0.25, 0.3) is 0 Å². The molecule has 3 fully saturated rings. The van der Waals surface area contributed by atoms with Crippen LogP contribution in [0, 0.1) is 11.8 Å². The van der Waals surface area contributed by atoms with Crippen LogP contribution in [0.15, 0.2) is 73.8 Å². The average molecular weight is 629 g/mol. The second kappa shape index (κ2) is 12.3. The lowest BCUT2D eigenvalue weighted by atomic mass is 9.66. The highest BCUT2D eigenvalue weighted by Gasteiger charge is 2.78. The SMILES string of the molecule is C=CCN(Cn1nnc2ccccc21)C(=O)C1N(CCO)C(=O)[C@@H]2[C@H](C(=O)N(CC=C)c3ccc(OCC)cc3)[C@]3(C)CCC12O3. The van der Waals surface area contributed by atoms with Crippen LogP contribution in [0.4, 0.5) is 5.69 Å². The number of hydrogen-bond acceptors (Lipinski definition) is 8. The summed E-state index contributed by atoms with van der Waals surface area (Å²) in [5.41, 5.74) is -0.147. The van der Waals surface area contributed by atoms with E-state index in [0.717, 1.165) is 5.52 Å². The van der Waals surface area contributed by atoms with Crippen LogP contribution in [0.1, 0.15) is 26.7 Å². The third kappa shape index (κ3) is 4.96. The van der Waals surface area contributed by atoms with Gasteiger partial charge >= 0.3 is 0 Å². The molecule has 2 aromatic carbocycles. The first-order valence-electron chi connectivity index (χ1n) is 15.7. The first-order valence-corrected chi connectivity index (χ1v) is 15.7. The molecule has 6 rings (SSSR count). The van der Waals surface area contributed by atoms with Crippen LogP contribution >= 0.6 is 0 Å². The van der Waals surface area contributed by atoms with Crippen molar-refractivity contribution in [2.75, 3.05) is 37.7 Å². The second-order valence-corrected chi connectivity index (χ2v) is 12.2. The molecule has 3 amide bonds. The van der Waals surface area contributed by atoms with E-state index in [0.29, 0.717) is 36.4 Å². The van der Waals surface area contributed by atoms with E-state index in [2.05, 4.69) is 23.5 Å². The molecule has 3 aliphatic rings. The number of hydrogen-bond donors (Lipinski definition) is 1. The van der Waals surface area contributed by atoms with E-state index in [9.17, 15) is 19.5 Å². The number of carbonyl (C=O) groups is 3. The Morgan fingerprint density at radius 2 is 1.85 bits per heavy atom. The van der Waals surface area contributed by atoms with Crippen molar-refractivity contribution in [2.24, 2.45) is 11.8 Å². The number of para-hydroxylation sites is 1. The van der Waals surface area contributed by atoms with E-state index in [1.165, 1.54) is 4.90 Å². The van der Waals surface area contributed by atoms with Gasteiger partial charge in [-0.2, -0.15) is 0 Å². The number of aliphatic hydroxyl groups excluding tert-OH is 1. The molecule has 3 aliphatic heterocycles. The number of amides is 3. The minimum Gasteiger partial charge on any atom is -0.494 e. The number of nitrogens with zero attached hydrogens (tertiary/aromatic N) is 6. The maximum absolute atomic E-state index is 14.6. The molecule has 1 aromatic heterocycles. The summed E-state index contributed by atoms with van der Waals surface area (Å²) in [5, 5.41) is 18.5. The van der Waals surface area contributed by atoms with Crippen molar-refractivity contribution in [2.45, 2.75) is 50.6 Å². The molecule has 12 nitrogen and oxygen atoms in total. The Morgan fingerprint density at radius 3 is 2.54 bits per heavy atom. The highest BCUT2D eigenvalue weighted by Crippen LogP contribution is 2.63. The van der Waals surface area contributed by atoms with Gasteiger partial charge in [-0.15, -0.1) is 18.3 Å². The van der Waals surface area contributed by atoms with Gasteiger partial charge in [0.15, 0.2) is 0 Å². The fourth-order valence-electron chi connectivity index (χ4n) is 7.67. The molecule has 0 radical (unpaired) electrons. The van der Waals surface area contributed by atoms with Crippen molar-refractivity contribution >= 4 is 34.4 Å². The number of aliphatic hydroxyl groups is 1. The van der Waals surface area contributed by atoms with Crippen molar-refractivity contribution in [3.8, 4) is 5.75 Å². The van der Waals surface area contributed by atoms with Gasteiger partial charge in [-0.25, -0.2) is 4.68 Å². The van der Waals surface area contributed by atoms with Crippen LogP contribution in [-0.4, -0.2) is 97.7 Å². The van der Waals surface area contributed by atoms with Gasteiger partial charge in [0, 0.05) is 25.3 Å². The smallest absolute Gasteiger partial charge is 0.250 e. The summed E-state index contributed by atoms with van der Waals surface area (Å²) >= 11 is 0. The largest absolute Gasteiger partial charge is 0.494 e. The third-order valence-corrected chi connectivity index (χ3v) is 9.54. The van der Waals surface area contributed by atoms with Crippen molar-refractivity contribution in [1.29, 1.82) is 0 Å². The van der Waals surface area contributed by atoms with Gasteiger partial charge in [-0.3, -0.25) is 14.4 Å². The van der Waals surface area contributed by atoms with E-state index in [1.807, 2.05) is 38.1 Å². The Kier molecular flexibility index (Phi) is 8.43. The number of benzene rings is 2.